The van der Waals surface area contributed by atoms with Gasteiger partial charge in [-0.1, -0.05) is 17.7 Å². The predicted molar refractivity (Wildman–Crippen MR) is 57.4 cm³/mol. The molecule has 0 unspecified atom stereocenters. The van der Waals surface area contributed by atoms with Crippen molar-refractivity contribution in [2.75, 3.05) is 6.54 Å². The highest BCUT2D eigenvalue weighted by molar-refractivity contribution is 6.33. The van der Waals surface area contributed by atoms with Crippen LogP contribution in [-0.2, 0) is 0 Å². The minimum atomic E-state index is -0.635. The molecule has 0 saturated heterocycles. The molecule has 0 aliphatic heterocycles. The minimum absolute atomic E-state index is 0.0942. The van der Waals surface area contributed by atoms with E-state index in [0.717, 1.165) is 0 Å². The highest BCUT2D eigenvalue weighted by atomic mass is 35.5. The van der Waals surface area contributed by atoms with Gasteiger partial charge >= 0.3 is 0 Å². The molecule has 82 valence electrons. The molecular formula is C10H12ClFN2O. The van der Waals surface area contributed by atoms with Crippen molar-refractivity contribution in [3.63, 3.8) is 0 Å². The maximum absolute atomic E-state index is 13.3. The van der Waals surface area contributed by atoms with Crippen LogP contribution >= 0.6 is 11.6 Å². The Balaban J connectivity index is 2.91. The Labute approximate surface area is 92.4 Å². The van der Waals surface area contributed by atoms with Gasteiger partial charge in [0.2, 0.25) is 0 Å². The molecule has 0 aliphatic rings. The van der Waals surface area contributed by atoms with Gasteiger partial charge in [0.1, 0.15) is 5.82 Å². The predicted octanol–water partition coefficient (Wildman–Crippen LogP) is 1.56. The molecule has 5 heteroatoms. The molecule has 0 saturated carbocycles. The fraction of sp³-hybridized carbons (Fsp3) is 0.300. The summed E-state index contributed by atoms with van der Waals surface area (Å²) in [4.78, 5) is 11.6. The largest absolute Gasteiger partial charge is 0.348 e. The number of halogens is 2. The van der Waals surface area contributed by atoms with Crippen molar-refractivity contribution in [1.29, 1.82) is 0 Å². The summed E-state index contributed by atoms with van der Waals surface area (Å²) in [5, 5.41) is 2.63. The first-order valence-corrected chi connectivity index (χ1v) is 4.89. The molecule has 3 nitrogen and oxygen atoms in total. The van der Waals surface area contributed by atoms with Crippen LogP contribution in [0.1, 0.15) is 17.3 Å². The van der Waals surface area contributed by atoms with E-state index in [-0.39, 0.29) is 23.2 Å². The Morgan fingerprint density at radius 2 is 2.33 bits per heavy atom. The van der Waals surface area contributed by atoms with Gasteiger partial charge in [0.05, 0.1) is 10.6 Å². The first-order valence-electron chi connectivity index (χ1n) is 4.51. The molecule has 1 amide bonds. The summed E-state index contributed by atoms with van der Waals surface area (Å²) in [5.41, 5.74) is 5.19. The zero-order valence-corrected chi connectivity index (χ0v) is 9.01. The van der Waals surface area contributed by atoms with Crippen molar-refractivity contribution in [2.45, 2.75) is 13.0 Å². The van der Waals surface area contributed by atoms with Crippen molar-refractivity contribution in [3.8, 4) is 0 Å². The van der Waals surface area contributed by atoms with Crippen LogP contribution in [0.5, 0.6) is 0 Å². The maximum atomic E-state index is 13.3. The van der Waals surface area contributed by atoms with E-state index < -0.39 is 11.7 Å². The number of amides is 1. The molecular weight excluding hydrogens is 219 g/mol. The molecule has 15 heavy (non-hydrogen) atoms. The Hall–Kier alpha value is -1.13. The smallest absolute Gasteiger partial charge is 0.256 e. The third kappa shape index (κ3) is 2.91. The third-order valence-corrected chi connectivity index (χ3v) is 2.24. The highest BCUT2D eigenvalue weighted by Crippen LogP contribution is 2.18. The first-order chi connectivity index (χ1) is 7.06. The molecule has 0 heterocycles. The minimum Gasteiger partial charge on any atom is -0.348 e. The maximum Gasteiger partial charge on any atom is 0.256 e. The number of carbonyl (C=O) groups is 1. The molecule has 3 N–H and O–H groups in total. The number of benzene rings is 1. The SMILES string of the molecule is C[C@H](CN)NC(=O)c1c(F)cccc1Cl. The van der Waals surface area contributed by atoms with Gasteiger partial charge in [-0.3, -0.25) is 4.79 Å². The van der Waals surface area contributed by atoms with Crippen molar-refractivity contribution in [2.24, 2.45) is 5.73 Å². The van der Waals surface area contributed by atoms with E-state index in [1.165, 1.54) is 18.2 Å². The molecule has 1 aromatic rings. The van der Waals surface area contributed by atoms with Crippen LogP contribution < -0.4 is 11.1 Å². The number of nitrogens with one attached hydrogen (secondary N) is 1. The summed E-state index contributed by atoms with van der Waals surface area (Å²) in [6.45, 7) is 2.02. The topological polar surface area (TPSA) is 55.1 Å². The van der Waals surface area contributed by atoms with Crippen LogP contribution in [0.25, 0.3) is 0 Å². The van der Waals surface area contributed by atoms with Crippen molar-refractivity contribution >= 4 is 17.5 Å². The molecule has 0 radical (unpaired) electrons. The van der Waals surface area contributed by atoms with Crippen LogP contribution in [0.15, 0.2) is 18.2 Å². The second-order valence-electron chi connectivity index (χ2n) is 3.21. The summed E-state index contributed by atoms with van der Waals surface area (Å²) in [7, 11) is 0. The molecule has 1 aromatic carbocycles. The van der Waals surface area contributed by atoms with Gasteiger partial charge < -0.3 is 11.1 Å². The zero-order valence-electron chi connectivity index (χ0n) is 8.26. The van der Waals surface area contributed by atoms with Gasteiger partial charge in [-0.2, -0.15) is 0 Å². The molecule has 0 aromatic heterocycles. The fourth-order valence-electron chi connectivity index (χ4n) is 1.07. The lowest BCUT2D eigenvalue weighted by molar-refractivity contribution is 0.0937. The van der Waals surface area contributed by atoms with Crippen molar-refractivity contribution in [3.05, 3.63) is 34.6 Å². The highest BCUT2D eigenvalue weighted by Gasteiger charge is 2.16. The van der Waals surface area contributed by atoms with E-state index in [2.05, 4.69) is 5.32 Å². The summed E-state index contributed by atoms with van der Waals surface area (Å²) < 4.78 is 13.3. The summed E-state index contributed by atoms with van der Waals surface area (Å²) >= 11 is 5.72. The van der Waals surface area contributed by atoms with Crippen LogP contribution in [0.3, 0.4) is 0 Å². The van der Waals surface area contributed by atoms with E-state index in [4.69, 9.17) is 17.3 Å². The van der Waals surface area contributed by atoms with E-state index in [1.807, 2.05) is 0 Å². The molecule has 0 fully saturated rings. The zero-order chi connectivity index (χ0) is 11.4. The van der Waals surface area contributed by atoms with E-state index in [1.54, 1.807) is 6.92 Å². The van der Waals surface area contributed by atoms with Crippen LogP contribution in [0.2, 0.25) is 5.02 Å². The van der Waals surface area contributed by atoms with Crippen LogP contribution in [0, 0.1) is 5.82 Å². The fourth-order valence-corrected chi connectivity index (χ4v) is 1.32. The number of carbonyl (C=O) groups excluding carboxylic acids is 1. The lowest BCUT2D eigenvalue weighted by Crippen LogP contribution is -2.38. The Kier molecular flexibility index (Phi) is 4.05. The number of rotatable bonds is 3. The quantitative estimate of drug-likeness (QED) is 0.828. The van der Waals surface area contributed by atoms with Gasteiger partial charge in [0.15, 0.2) is 0 Å². The van der Waals surface area contributed by atoms with Gasteiger partial charge in [0, 0.05) is 12.6 Å². The second-order valence-corrected chi connectivity index (χ2v) is 3.61. The van der Waals surface area contributed by atoms with E-state index >= 15 is 0 Å². The van der Waals surface area contributed by atoms with Crippen molar-refractivity contribution < 1.29 is 9.18 Å². The average Bonchev–Trinajstić information content (AvgIpc) is 2.17. The molecule has 1 atom stereocenters. The monoisotopic (exact) mass is 230 g/mol. The van der Waals surface area contributed by atoms with Gasteiger partial charge in [0.25, 0.3) is 5.91 Å². The van der Waals surface area contributed by atoms with Gasteiger partial charge in [-0.15, -0.1) is 0 Å². The molecule has 0 bridgehead atoms. The Bertz CT molecular complexity index is 350. The summed E-state index contributed by atoms with van der Waals surface area (Å²) in [6, 6.07) is 3.88. The average molecular weight is 231 g/mol. The molecule has 0 aliphatic carbocycles. The Morgan fingerprint density at radius 1 is 1.67 bits per heavy atom. The van der Waals surface area contributed by atoms with Crippen molar-refractivity contribution in [1.82, 2.24) is 5.32 Å². The van der Waals surface area contributed by atoms with Crippen LogP contribution in [0.4, 0.5) is 4.39 Å². The molecule has 0 spiro atoms. The molecule has 1 rings (SSSR count). The summed E-state index contributed by atoms with van der Waals surface area (Å²) in [5.74, 6) is -1.18. The number of hydrogen-bond acceptors (Lipinski definition) is 2. The van der Waals surface area contributed by atoms with E-state index in [0.29, 0.717) is 0 Å². The normalized spacial score (nSPS) is 12.3. The lowest BCUT2D eigenvalue weighted by Gasteiger charge is -2.12. The Morgan fingerprint density at radius 3 is 2.87 bits per heavy atom. The van der Waals surface area contributed by atoms with Crippen LogP contribution in [-0.4, -0.2) is 18.5 Å². The standard InChI is InChI=1S/C10H12ClFN2O/c1-6(5-13)14-10(15)9-7(11)3-2-4-8(9)12/h2-4,6H,5,13H2,1H3,(H,14,15)/t6-/m1/s1. The number of nitrogens with two attached hydrogens (primary N) is 1. The van der Waals surface area contributed by atoms with Gasteiger partial charge in [-0.05, 0) is 19.1 Å². The third-order valence-electron chi connectivity index (χ3n) is 1.92. The second kappa shape index (κ2) is 5.09. The first kappa shape index (κ1) is 11.9. The van der Waals surface area contributed by atoms with Gasteiger partial charge in [-0.25, -0.2) is 4.39 Å². The number of hydrogen-bond donors (Lipinski definition) is 2. The lowest BCUT2D eigenvalue weighted by atomic mass is 10.2. The van der Waals surface area contributed by atoms with E-state index in [9.17, 15) is 9.18 Å². The summed E-state index contributed by atoms with van der Waals surface area (Å²) in [6.07, 6.45) is 0.